The van der Waals surface area contributed by atoms with Crippen LogP contribution in [0.5, 0.6) is 0 Å². The SMILES string of the molecule is CCCCCCCCCN1C(=O)CNC(=O)C1CC(C)C. The van der Waals surface area contributed by atoms with E-state index < -0.39 is 0 Å². The second kappa shape index (κ2) is 9.80. The molecule has 1 unspecified atom stereocenters. The van der Waals surface area contributed by atoms with Crippen LogP contribution in [-0.2, 0) is 9.59 Å². The molecule has 1 fully saturated rings. The first-order valence-electron chi connectivity index (χ1n) is 8.63. The molecular weight excluding hydrogens is 264 g/mol. The molecule has 0 aliphatic carbocycles. The molecule has 0 aromatic heterocycles. The quantitative estimate of drug-likeness (QED) is 0.630. The number of carbonyl (C=O) groups is 2. The topological polar surface area (TPSA) is 49.4 Å². The molecule has 0 aromatic carbocycles. The summed E-state index contributed by atoms with van der Waals surface area (Å²) in [6.07, 6.45) is 9.37. The summed E-state index contributed by atoms with van der Waals surface area (Å²) in [6.45, 7) is 7.32. The van der Waals surface area contributed by atoms with Gasteiger partial charge in [-0.15, -0.1) is 0 Å². The first-order chi connectivity index (χ1) is 10.1. The summed E-state index contributed by atoms with van der Waals surface area (Å²) in [6, 6.07) is -0.258. The summed E-state index contributed by atoms with van der Waals surface area (Å²) in [4.78, 5) is 25.8. The van der Waals surface area contributed by atoms with E-state index in [2.05, 4.69) is 26.1 Å². The molecule has 0 spiro atoms. The van der Waals surface area contributed by atoms with Gasteiger partial charge in [0, 0.05) is 6.54 Å². The number of hydrogen-bond donors (Lipinski definition) is 1. The molecule has 0 radical (unpaired) electrons. The summed E-state index contributed by atoms with van der Waals surface area (Å²) in [5, 5.41) is 2.71. The Kier molecular flexibility index (Phi) is 8.40. The van der Waals surface area contributed by atoms with Gasteiger partial charge in [0.1, 0.15) is 6.04 Å². The lowest BCUT2D eigenvalue weighted by Crippen LogP contribution is -2.58. The van der Waals surface area contributed by atoms with Gasteiger partial charge in [-0.2, -0.15) is 0 Å². The smallest absolute Gasteiger partial charge is 0.243 e. The number of unbranched alkanes of at least 4 members (excludes halogenated alkanes) is 6. The molecule has 21 heavy (non-hydrogen) atoms. The van der Waals surface area contributed by atoms with Gasteiger partial charge in [-0.3, -0.25) is 9.59 Å². The molecule has 4 nitrogen and oxygen atoms in total. The zero-order valence-electron chi connectivity index (χ0n) is 14.0. The summed E-state index contributed by atoms with van der Waals surface area (Å²) >= 11 is 0. The van der Waals surface area contributed by atoms with Gasteiger partial charge < -0.3 is 10.2 Å². The molecule has 1 aliphatic heterocycles. The Morgan fingerprint density at radius 1 is 1.10 bits per heavy atom. The van der Waals surface area contributed by atoms with E-state index in [4.69, 9.17) is 0 Å². The maximum absolute atomic E-state index is 12.0. The van der Waals surface area contributed by atoms with Crippen molar-refractivity contribution < 1.29 is 9.59 Å². The average molecular weight is 296 g/mol. The second-order valence-corrected chi connectivity index (χ2v) is 6.57. The molecule has 0 bridgehead atoms. The first kappa shape index (κ1) is 18.0. The molecule has 1 atom stereocenters. The van der Waals surface area contributed by atoms with Crippen molar-refractivity contribution >= 4 is 11.8 Å². The van der Waals surface area contributed by atoms with Crippen LogP contribution >= 0.6 is 0 Å². The van der Waals surface area contributed by atoms with Gasteiger partial charge in [0.2, 0.25) is 11.8 Å². The van der Waals surface area contributed by atoms with E-state index in [0.29, 0.717) is 5.92 Å². The Hall–Kier alpha value is -1.06. The van der Waals surface area contributed by atoms with Crippen molar-refractivity contribution in [1.29, 1.82) is 0 Å². The molecule has 1 rings (SSSR count). The lowest BCUT2D eigenvalue weighted by molar-refractivity contribution is -0.146. The number of amides is 2. The van der Waals surface area contributed by atoms with Crippen LogP contribution in [-0.4, -0.2) is 35.8 Å². The van der Waals surface area contributed by atoms with Crippen LogP contribution in [0.4, 0.5) is 0 Å². The predicted molar refractivity (Wildman–Crippen MR) is 86.0 cm³/mol. The van der Waals surface area contributed by atoms with Crippen molar-refractivity contribution in [3.05, 3.63) is 0 Å². The van der Waals surface area contributed by atoms with Gasteiger partial charge in [0.25, 0.3) is 0 Å². The third-order valence-corrected chi connectivity index (χ3v) is 4.11. The van der Waals surface area contributed by atoms with E-state index in [1.165, 1.54) is 32.1 Å². The van der Waals surface area contributed by atoms with E-state index in [1.54, 1.807) is 0 Å². The van der Waals surface area contributed by atoms with Crippen LogP contribution in [0.25, 0.3) is 0 Å². The fraction of sp³-hybridized carbons (Fsp3) is 0.882. The number of nitrogens with zero attached hydrogens (tertiary/aromatic N) is 1. The van der Waals surface area contributed by atoms with Crippen molar-refractivity contribution in [3.63, 3.8) is 0 Å². The van der Waals surface area contributed by atoms with Crippen LogP contribution in [0.3, 0.4) is 0 Å². The van der Waals surface area contributed by atoms with Gasteiger partial charge in [-0.1, -0.05) is 59.3 Å². The van der Waals surface area contributed by atoms with Gasteiger partial charge in [-0.05, 0) is 18.8 Å². The van der Waals surface area contributed by atoms with Crippen LogP contribution in [0, 0.1) is 5.92 Å². The Bertz CT molecular complexity index is 329. The highest BCUT2D eigenvalue weighted by atomic mass is 16.2. The lowest BCUT2D eigenvalue weighted by atomic mass is 9.99. The van der Waals surface area contributed by atoms with E-state index in [0.717, 1.165) is 25.8 Å². The highest BCUT2D eigenvalue weighted by Gasteiger charge is 2.34. The van der Waals surface area contributed by atoms with Crippen molar-refractivity contribution in [3.8, 4) is 0 Å². The van der Waals surface area contributed by atoms with Gasteiger partial charge in [-0.25, -0.2) is 0 Å². The number of piperazine rings is 1. The molecule has 1 aliphatic rings. The minimum Gasteiger partial charge on any atom is -0.345 e. The first-order valence-corrected chi connectivity index (χ1v) is 8.63. The maximum Gasteiger partial charge on any atom is 0.243 e. The van der Waals surface area contributed by atoms with E-state index in [9.17, 15) is 9.59 Å². The lowest BCUT2D eigenvalue weighted by Gasteiger charge is -2.36. The summed E-state index contributed by atoms with van der Waals surface area (Å²) in [5.41, 5.74) is 0. The average Bonchev–Trinajstić information content (AvgIpc) is 2.44. The number of hydrogen-bond acceptors (Lipinski definition) is 2. The molecule has 4 heteroatoms. The van der Waals surface area contributed by atoms with Crippen molar-refractivity contribution in [1.82, 2.24) is 10.2 Å². The minimum atomic E-state index is -0.258. The Labute approximate surface area is 129 Å². The summed E-state index contributed by atoms with van der Waals surface area (Å²) in [5.74, 6) is 0.515. The molecule has 1 heterocycles. The number of nitrogens with one attached hydrogen (secondary N) is 1. The largest absolute Gasteiger partial charge is 0.345 e. The molecular formula is C17H32N2O2. The maximum atomic E-state index is 12.0. The third kappa shape index (κ3) is 6.49. The van der Waals surface area contributed by atoms with E-state index >= 15 is 0 Å². The summed E-state index contributed by atoms with van der Waals surface area (Å²) in [7, 11) is 0. The van der Waals surface area contributed by atoms with Crippen LogP contribution in [0.2, 0.25) is 0 Å². The molecule has 2 amide bonds. The molecule has 0 saturated carbocycles. The number of carbonyl (C=O) groups excluding carboxylic acids is 2. The zero-order chi connectivity index (χ0) is 15.7. The predicted octanol–water partition coefficient (Wildman–Crippen LogP) is 3.11. The minimum absolute atomic E-state index is 0.0197. The Morgan fingerprint density at radius 2 is 1.71 bits per heavy atom. The van der Waals surface area contributed by atoms with Crippen molar-refractivity contribution in [2.75, 3.05) is 13.1 Å². The molecule has 0 aromatic rings. The zero-order valence-corrected chi connectivity index (χ0v) is 14.0. The monoisotopic (exact) mass is 296 g/mol. The van der Waals surface area contributed by atoms with Crippen LogP contribution in [0.1, 0.15) is 72.1 Å². The van der Waals surface area contributed by atoms with Gasteiger partial charge >= 0.3 is 0 Å². The highest BCUT2D eigenvalue weighted by molar-refractivity contribution is 5.94. The van der Waals surface area contributed by atoms with E-state index in [1.807, 2.05) is 4.90 Å². The van der Waals surface area contributed by atoms with Gasteiger partial charge in [0.15, 0.2) is 0 Å². The highest BCUT2D eigenvalue weighted by Crippen LogP contribution is 2.17. The van der Waals surface area contributed by atoms with Gasteiger partial charge in [0.05, 0.1) is 6.54 Å². The Morgan fingerprint density at radius 3 is 2.33 bits per heavy atom. The molecule has 1 saturated heterocycles. The fourth-order valence-corrected chi connectivity index (χ4v) is 2.90. The van der Waals surface area contributed by atoms with Crippen molar-refractivity contribution in [2.45, 2.75) is 78.2 Å². The summed E-state index contributed by atoms with van der Waals surface area (Å²) < 4.78 is 0. The normalized spacial score (nSPS) is 19.2. The molecule has 122 valence electrons. The van der Waals surface area contributed by atoms with Crippen molar-refractivity contribution in [2.24, 2.45) is 5.92 Å². The third-order valence-electron chi connectivity index (χ3n) is 4.11. The molecule has 1 N–H and O–H groups in total. The van der Waals surface area contributed by atoms with E-state index in [-0.39, 0.29) is 24.4 Å². The Balaban J connectivity index is 2.34. The standard InChI is InChI=1S/C17H32N2O2/c1-4-5-6-7-8-9-10-11-19-15(12-14(2)3)17(21)18-13-16(19)20/h14-15H,4-13H2,1-3H3,(H,18,21). The number of rotatable bonds is 10. The second-order valence-electron chi connectivity index (χ2n) is 6.57. The fourth-order valence-electron chi connectivity index (χ4n) is 2.90. The van der Waals surface area contributed by atoms with Crippen LogP contribution < -0.4 is 5.32 Å². The van der Waals surface area contributed by atoms with Crippen LogP contribution in [0.15, 0.2) is 0 Å².